The number of carbonyl (C=O) groups is 1. The first-order chi connectivity index (χ1) is 13.2. The van der Waals surface area contributed by atoms with Gasteiger partial charge < -0.3 is 0 Å². The van der Waals surface area contributed by atoms with Crippen molar-refractivity contribution in [1.82, 2.24) is 14.8 Å². The van der Waals surface area contributed by atoms with Crippen molar-refractivity contribution < 1.29 is 4.79 Å². The van der Waals surface area contributed by atoms with Gasteiger partial charge in [0.05, 0.1) is 18.5 Å². The van der Waals surface area contributed by atoms with E-state index in [1.165, 1.54) is 0 Å². The van der Waals surface area contributed by atoms with Gasteiger partial charge in [0.1, 0.15) is 0 Å². The van der Waals surface area contributed by atoms with Crippen molar-refractivity contribution in [2.45, 2.75) is 29.8 Å². The van der Waals surface area contributed by atoms with Gasteiger partial charge >= 0.3 is 0 Å². The maximum atomic E-state index is 11.4. The summed E-state index contributed by atoms with van der Waals surface area (Å²) in [7, 11) is 1.89. The first-order valence-corrected chi connectivity index (χ1v) is 9.59. The zero-order valence-electron chi connectivity index (χ0n) is 15.4. The van der Waals surface area contributed by atoms with Crippen LogP contribution in [0.1, 0.15) is 28.5 Å². The second-order valence-electron chi connectivity index (χ2n) is 6.05. The Bertz CT molecular complexity index is 921. The first kappa shape index (κ1) is 18.9. The normalized spacial score (nSPS) is 11.0. The molecule has 0 atom stereocenters. The van der Waals surface area contributed by atoms with Crippen molar-refractivity contribution in [3.05, 3.63) is 77.6 Å². The Morgan fingerprint density at radius 1 is 1.11 bits per heavy atom. The number of nitrogens with zero attached hydrogens (tertiary/aromatic N) is 4. The lowest BCUT2D eigenvalue weighted by atomic mass is 10.1. The number of rotatable bonds is 8. The smallest absolute Gasteiger partial charge is 0.150 e. The summed E-state index contributed by atoms with van der Waals surface area (Å²) in [5.74, 6) is 0. The molecule has 0 aliphatic carbocycles. The van der Waals surface area contributed by atoms with E-state index in [9.17, 15) is 4.79 Å². The third-order valence-electron chi connectivity index (χ3n) is 3.97. The third kappa shape index (κ3) is 5.31. The fraction of sp³-hybridized carbons (Fsp3) is 0.190. The van der Waals surface area contributed by atoms with Crippen LogP contribution >= 0.6 is 11.8 Å². The van der Waals surface area contributed by atoms with Gasteiger partial charge in [0.25, 0.3) is 0 Å². The largest absolute Gasteiger partial charge is 0.298 e. The summed E-state index contributed by atoms with van der Waals surface area (Å²) >= 11 is 1.66. The van der Waals surface area contributed by atoms with Crippen LogP contribution < -0.4 is 0 Å². The van der Waals surface area contributed by atoms with E-state index in [1.54, 1.807) is 18.0 Å². The number of hydrogen-bond donors (Lipinski definition) is 0. The molecule has 0 aliphatic heterocycles. The number of benzene rings is 2. The summed E-state index contributed by atoms with van der Waals surface area (Å²) in [6.45, 7) is 3.51. The molecule has 0 unspecified atom stereocenters. The molecule has 0 spiro atoms. The lowest BCUT2D eigenvalue weighted by molar-refractivity contribution is 0.112. The van der Waals surface area contributed by atoms with Gasteiger partial charge in [-0.2, -0.15) is 10.2 Å². The van der Waals surface area contributed by atoms with Gasteiger partial charge in [-0.15, -0.1) is 0 Å². The van der Waals surface area contributed by atoms with Crippen molar-refractivity contribution in [2.24, 2.45) is 5.10 Å². The third-order valence-corrected chi connectivity index (χ3v) is 4.97. The van der Waals surface area contributed by atoms with Crippen LogP contribution in [-0.2, 0) is 13.1 Å². The molecular weight excluding hydrogens is 356 g/mol. The fourth-order valence-electron chi connectivity index (χ4n) is 2.56. The summed E-state index contributed by atoms with van der Waals surface area (Å²) in [4.78, 5) is 13.6. The lowest BCUT2D eigenvalue weighted by Crippen LogP contribution is -2.12. The summed E-state index contributed by atoms with van der Waals surface area (Å²) in [5.41, 5.74) is 2.39. The number of hydrazone groups is 1. The number of aldehydes is 1. The van der Waals surface area contributed by atoms with Crippen molar-refractivity contribution in [1.29, 1.82) is 0 Å². The number of carbonyl (C=O) groups excluding carboxylic acids is 1. The SMILES string of the molecule is CCn1ccc(CN(C)/N=C\c2cc(Sc3ccccc3)ccc2C=O)n1. The molecular formula is C21H22N4OS. The molecule has 5 nitrogen and oxygen atoms in total. The van der Waals surface area contributed by atoms with Gasteiger partial charge in [0, 0.05) is 40.7 Å². The minimum Gasteiger partial charge on any atom is -0.298 e. The van der Waals surface area contributed by atoms with Gasteiger partial charge in [-0.05, 0) is 43.3 Å². The van der Waals surface area contributed by atoms with Gasteiger partial charge in [-0.3, -0.25) is 14.5 Å². The zero-order chi connectivity index (χ0) is 19.1. The summed E-state index contributed by atoms with van der Waals surface area (Å²) in [6, 6.07) is 17.9. The van der Waals surface area contributed by atoms with Crippen LogP contribution in [0.2, 0.25) is 0 Å². The van der Waals surface area contributed by atoms with Crippen LogP contribution in [-0.4, -0.2) is 34.3 Å². The van der Waals surface area contributed by atoms with Crippen LogP contribution in [0, 0.1) is 0 Å². The van der Waals surface area contributed by atoms with Crippen LogP contribution in [0.4, 0.5) is 0 Å². The van der Waals surface area contributed by atoms with Crippen LogP contribution in [0.3, 0.4) is 0 Å². The van der Waals surface area contributed by atoms with Gasteiger partial charge in [-0.1, -0.05) is 30.0 Å². The van der Waals surface area contributed by atoms with Crippen molar-refractivity contribution in [3.8, 4) is 0 Å². The van der Waals surface area contributed by atoms with E-state index in [4.69, 9.17) is 0 Å². The standard InChI is InChI=1S/C21H22N4OS/c1-3-25-12-11-19(23-25)15-24(2)22-14-18-13-21(10-9-17(18)16-26)27-20-7-5-4-6-8-20/h4-14,16H,3,15H2,1-2H3/b22-14-. The second kappa shape index (κ2) is 9.19. The number of aromatic nitrogens is 2. The molecule has 0 saturated heterocycles. The van der Waals surface area contributed by atoms with Gasteiger partial charge in [-0.25, -0.2) is 0 Å². The maximum absolute atomic E-state index is 11.4. The minimum atomic E-state index is 0.610. The van der Waals surface area contributed by atoms with Gasteiger partial charge in [0.2, 0.25) is 0 Å². The fourth-order valence-corrected chi connectivity index (χ4v) is 3.45. The van der Waals surface area contributed by atoms with E-state index in [2.05, 4.69) is 29.3 Å². The molecule has 3 rings (SSSR count). The molecule has 0 N–H and O–H groups in total. The van der Waals surface area contributed by atoms with Crippen molar-refractivity contribution in [3.63, 3.8) is 0 Å². The highest BCUT2D eigenvalue weighted by molar-refractivity contribution is 7.99. The van der Waals surface area contributed by atoms with E-state index in [-0.39, 0.29) is 0 Å². The molecule has 1 aromatic heterocycles. The predicted octanol–water partition coefficient (Wildman–Crippen LogP) is 4.33. The Morgan fingerprint density at radius 2 is 1.93 bits per heavy atom. The predicted molar refractivity (Wildman–Crippen MR) is 109 cm³/mol. The molecule has 1 heterocycles. The van der Waals surface area contributed by atoms with E-state index >= 15 is 0 Å². The number of aryl methyl sites for hydroxylation is 1. The summed E-state index contributed by atoms with van der Waals surface area (Å²) in [6.07, 6.45) is 4.55. The molecule has 0 radical (unpaired) electrons. The second-order valence-corrected chi connectivity index (χ2v) is 7.19. The molecule has 0 saturated carbocycles. The van der Waals surface area contributed by atoms with Gasteiger partial charge in [0.15, 0.2) is 6.29 Å². The van der Waals surface area contributed by atoms with E-state index in [1.807, 2.05) is 65.4 Å². The molecule has 0 aliphatic rings. The monoisotopic (exact) mass is 378 g/mol. The molecule has 138 valence electrons. The Hall–Kier alpha value is -2.86. The minimum absolute atomic E-state index is 0.610. The first-order valence-electron chi connectivity index (χ1n) is 8.77. The molecule has 0 fully saturated rings. The highest BCUT2D eigenvalue weighted by atomic mass is 32.2. The Kier molecular flexibility index (Phi) is 6.44. The van der Waals surface area contributed by atoms with Crippen molar-refractivity contribution in [2.75, 3.05) is 7.05 Å². The van der Waals surface area contributed by atoms with E-state index in [0.29, 0.717) is 12.1 Å². The molecule has 3 aromatic rings. The van der Waals surface area contributed by atoms with E-state index < -0.39 is 0 Å². The molecule has 0 bridgehead atoms. The topological polar surface area (TPSA) is 50.5 Å². The van der Waals surface area contributed by atoms with Crippen LogP contribution in [0.15, 0.2) is 75.7 Å². The Morgan fingerprint density at radius 3 is 2.63 bits per heavy atom. The summed E-state index contributed by atoms with van der Waals surface area (Å²) < 4.78 is 1.89. The highest BCUT2D eigenvalue weighted by Gasteiger charge is 2.05. The molecule has 27 heavy (non-hydrogen) atoms. The zero-order valence-corrected chi connectivity index (χ0v) is 16.3. The molecule has 6 heteroatoms. The average molecular weight is 379 g/mol. The molecule has 2 aromatic carbocycles. The quantitative estimate of drug-likeness (QED) is 0.332. The summed E-state index contributed by atoms with van der Waals surface area (Å²) in [5, 5.41) is 10.7. The number of hydrogen-bond acceptors (Lipinski definition) is 5. The Labute approximate surface area is 163 Å². The van der Waals surface area contributed by atoms with Crippen LogP contribution in [0.25, 0.3) is 0 Å². The van der Waals surface area contributed by atoms with E-state index in [0.717, 1.165) is 33.9 Å². The lowest BCUT2D eigenvalue weighted by Gasteiger charge is -2.11. The molecule has 0 amide bonds. The highest BCUT2D eigenvalue weighted by Crippen LogP contribution is 2.28. The maximum Gasteiger partial charge on any atom is 0.150 e. The Balaban J connectivity index is 1.72. The van der Waals surface area contributed by atoms with Crippen LogP contribution in [0.5, 0.6) is 0 Å². The average Bonchev–Trinajstić information content (AvgIpc) is 3.15. The van der Waals surface area contributed by atoms with Crippen molar-refractivity contribution >= 4 is 24.3 Å².